The van der Waals surface area contributed by atoms with E-state index < -0.39 is 0 Å². The monoisotopic (exact) mass is 365 g/mol. The minimum absolute atomic E-state index is 0.0226. The molecule has 1 saturated heterocycles. The number of carbonyl (C=O) groups is 1. The number of rotatable bonds is 6. The van der Waals surface area contributed by atoms with Crippen LogP contribution in [-0.2, 0) is 11.3 Å². The minimum atomic E-state index is 0.0226. The summed E-state index contributed by atoms with van der Waals surface area (Å²) in [4.78, 5) is 16.9. The van der Waals surface area contributed by atoms with E-state index in [4.69, 9.17) is 0 Å². The van der Waals surface area contributed by atoms with Crippen molar-refractivity contribution >= 4 is 17.3 Å². The standard InChI is InChI=1S/C23H31N3O/c1-18-7-12-22(19(2)15-18)24-23(27)17-25(3)16-20-8-10-21(11-9-20)26-13-5-4-6-14-26/h7-12,15H,4-6,13-14,16-17H2,1-3H3,(H,24,27). The van der Waals surface area contributed by atoms with E-state index >= 15 is 0 Å². The number of benzene rings is 2. The fraction of sp³-hybridized carbons (Fsp3) is 0.435. The Hall–Kier alpha value is -2.33. The molecule has 2 aromatic carbocycles. The molecule has 27 heavy (non-hydrogen) atoms. The maximum atomic E-state index is 12.4. The van der Waals surface area contributed by atoms with Gasteiger partial charge >= 0.3 is 0 Å². The van der Waals surface area contributed by atoms with Gasteiger partial charge in [0.15, 0.2) is 0 Å². The summed E-state index contributed by atoms with van der Waals surface area (Å²) in [5.74, 6) is 0.0226. The first kappa shape index (κ1) is 19.4. The SMILES string of the molecule is Cc1ccc(NC(=O)CN(C)Cc2ccc(N3CCCCC3)cc2)c(C)c1. The molecule has 1 amide bonds. The van der Waals surface area contributed by atoms with Crippen molar-refractivity contribution in [3.05, 3.63) is 59.2 Å². The summed E-state index contributed by atoms with van der Waals surface area (Å²) in [5.41, 5.74) is 5.74. The molecule has 0 aromatic heterocycles. The van der Waals surface area contributed by atoms with E-state index in [1.54, 1.807) is 0 Å². The van der Waals surface area contributed by atoms with Gasteiger partial charge in [0.05, 0.1) is 6.54 Å². The Kier molecular flexibility index (Phi) is 6.51. The summed E-state index contributed by atoms with van der Waals surface area (Å²) in [6.07, 6.45) is 3.93. The molecule has 0 spiro atoms. The maximum absolute atomic E-state index is 12.4. The quantitative estimate of drug-likeness (QED) is 0.826. The Bertz CT molecular complexity index is 764. The van der Waals surface area contributed by atoms with Gasteiger partial charge in [-0.3, -0.25) is 9.69 Å². The number of nitrogens with zero attached hydrogens (tertiary/aromatic N) is 2. The van der Waals surface area contributed by atoms with E-state index in [1.807, 2.05) is 26.1 Å². The maximum Gasteiger partial charge on any atom is 0.238 e. The fourth-order valence-corrected chi connectivity index (χ4v) is 3.72. The van der Waals surface area contributed by atoms with Crippen molar-refractivity contribution in [3.63, 3.8) is 0 Å². The van der Waals surface area contributed by atoms with Crippen molar-refractivity contribution in [3.8, 4) is 0 Å². The van der Waals surface area contributed by atoms with Crippen LogP contribution >= 0.6 is 0 Å². The Balaban J connectivity index is 1.50. The van der Waals surface area contributed by atoms with Gasteiger partial charge in [0, 0.05) is 31.0 Å². The molecule has 0 bridgehead atoms. The molecular formula is C23H31N3O. The molecule has 1 N–H and O–H groups in total. The Morgan fingerprint density at radius 1 is 1.04 bits per heavy atom. The second-order valence-corrected chi connectivity index (χ2v) is 7.75. The molecule has 0 saturated carbocycles. The molecule has 2 aromatic rings. The van der Waals surface area contributed by atoms with Gasteiger partial charge in [-0.25, -0.2) is 0 Å². The summed E-state index contributed by atoms with van der Waals surface area (Å²) < 4.78 is 0. The highest BCUT2D eigenvalue weighted by Gasteiger charge is 2.12. The third kappa shape index (κ3) is 5.57. The average molecular weight is 366 g/mol. The number of piperidine rings is 1. The Labute approximate surface area is 163 Å². The average Bonchev–Trinajstić information content (AvgIpc) is 2.65. The molecule has 1 aliphatic rings. The first-order valence-electron chi connectivity index (χ1n) is 9.91. The Morgan fingerprint density at radius 3 is 2.41 bits per heavy atom. The Morgan fingerprint density at radius 2 is 1.74 bits per heavy atom. The van der Waals surface area contributed by atoms with Crippen LogP contribution in [0.5, 0.6) is 0 Å². The highest BCUT2D eigenvalue weighted by Crippen LogP contribution is 2.21. The molecule has 4 nitrogen and oxygen atoms in total. The summed E-state index contributed by atoms with van der Waals surface area (Å²) in [7, 11) is 1.99. The lowest BCUT2D eigenvalue weighted by Crippen LogP contribution is -2.30. The zero-order valence-corrected chi connectivity index (χ0v) is 16.8. The number of hydrogen-bond donors (Lipinski definition) is 1. The molecule has 144 valence electrons. The highest BCUT2D eigenvalue weighted by atomic mass is 16.2. The topological polar surface area (TPSA) is 35.6 Å². The largest absolute Gasteiger partial charge is 0.372 e. The van der Waals surface area contributed by atoms with Crippen molar-refractivity contribution < 1.29 is 4.79 Å². The number of hydrogen-bond acceptors (Lipinski definition) is 3. The van der Waals surface area contributed by atoms with E-state index in [1.165, 1.54) is 36.1 Å². The molecule has 1 aliphatic heterocycles. The number of carbonyl (C=O) groups excluding carboxylic acids is 1. The molecule has 0 radical (unpaired) electrons. The van der Waals surface area contributed by atoms with Gasteiger partial charge in [-0.1, -0.05) is 29.8 Å². The number of nitrogens with one attached hydrogen (secondary N) is 1. The summed E-state index contributed by atoms with van der Waals surface area (Å²) in [5, 5.41) is 3.02. The van der Waals surface area contributed by atoms with Gasteiger partial charge in [0.25, 0.3) is 0 Å². The van der Waals surface area contributed by atoms with Gasteiger partial charge < -0.3 is 10.2 Å². The minimum Gasteiger partial charge on any atom is -0.372 e. The van der Waals surface area contributed by atoms with E-state index in [2.05, 4.69) is 52.4 Å². The van der Waals surface area contributed by atoms with Crippen LogP contribution in [0.2, 0.25) is 0 Å². The van der Waals surface area contributed by atoms with Crippen LogP contribution < -0.4 is 10.2 Å². The molecule has 3 rings (SSSR count). The third-order valence-electron chi connectivity index (χ3n) is 5.18. The summed E-state index contributed by atoms with van der Waals surface area (Å²) in [6.45, 7) is 7.55. The van der Waals surface area contributed by atoms with Crippen LogP contribution in [0.15, 0.2) is 42.5 Å². The zero-order chi connectivity index (χ0) is 19.2. The van der Waals surface area contributed by atoms with Gasteiger partial charge in [0.1, 0.15) is 0 Å². The molecule has 0 aliphatic carbocycles. The lowest BCUT2D eigenvalue weighted by molar-refractivity contribution is -0.117. The van der Waals surface area contributed by atoms with Gasteiger partial charge in [-0.05, 0) is 69.5 Å². The van der Waals surface area contributed by atoms with E-state index in [0.29, 0.717) is 6.54 Å². The number of amides is 1. The van der Waals surface area contributed by atoms with Crippen molar-refractivity contribution in [2.24, 2.45) is 0 Å². The fourth-order valence-electron chi connectivity index (χ4n) is 3.72. The van der Waals surface area contributed by atoms with Crippen LogP contribution in [0.3, 0.4) is 0 Å². The van der Waals surface area contributed by atoms with E-state index in [0.717, 1.165) is 30.9 Å². The normalized spacial score (nSPS) is 14.4. The van der Waals surface area contributed by atoms with Gasteiger partial charge in [0.2, 0.25) is 5.91 Å². The summed E-state index contributed by atoms with van der Waals surface area (Å²) >= 11 is 0. The zero-order valence-electron chi connectivity index (χ0n) is 16.8. The van der Waals surface area contributed by atoms with Crippen molar-refractivity contribution in [2.75, 3.05) is 36.9 Å². The number of aryl methyl sites for hydroxylation is 2. The lowest BCUT2D eigenvalue weighted by Gasteiger charge is -2.29. The number of anilines is 2. The van der Waals surface area contributed by atoms with Crippen LogP contribution in [0.4, 0.5) is 11.4 Å². The van der Waals surface area contributed by atoms with Gasteiger partial charge in [-0.2, -0.15) is 0 Å². The van der Waals surface area contributed by atoms with Crippen molar-refractivity contribution in [1.82, 2.24) is 4.90 Å². The molecule has 1 fully saturated rings. The van der Waals surface area contributed by atoms with Crippen molar-refractivity contribution in [1.29, 1.82) is 0 Å². The van der Waals surface area contributed by atoms with Crippen LogP contribution in [0.25, 0.3) is 0 Å². The molecule has 4 heteroatoms. The molecule has 0 atom stereocenters. The third-order valence-corrected chi connectivity index (χ3v) is 5.18. The predicted octanol–water partition coefficient (Wildman–Crippen LogP) is 4.36. The molecule has 0 unspecified atom stereocenters. The van der Waals surface area contributed by atoms with E-state index in [-0.39, 0.29) is 5.91 Å². The smallest absolute Gasteiger partial charge is 0.238 e. The van der Waals surface area contributed by atoms with Crippen LogP contribution in [0, 0.1) is 13.8 Å². The molecule has 1 heterocycles. The van der Waals surface area contributed by atoms with E-state index in [9.17, 15) is 4.79 Å². The first-order valence-corrected chi connectivity index (χ1v) is 9.91. The molecular weight excluding hydrogens is 334 g/mol. The van der Waals surface area contributed by atoms with Crippen LogP contribution in [0.1, 0.15) is 36.0 Å². The number of likely N-dealkylation sites (N-methyl/N-ethyl adjacent to an activating group) is 1. The first-order chi connectivity index (χ1) is 13.0. The second-order valence-electron chi connectivity index (χ2n) is 7.75. The van der Waals surface area contributed by atoms with Crippen LogP contribution in [-0.4, -0.2) is 37.5 Å². The van der Waals surface area contributed by atoms with Gasteiger partial charge in [-0.15, -0.1) is 0 Å². The predicted molar refractivity (Wildman–Crippen MR) is 113 cm³/mol. The lowest BCUT2D eigenvalue weighted by atomic mass is 10.1. The van der Waals surface area contributed by atoms with Crippen molar-refractivity contribution in [2.45, 2.75) is 39.7 Å². The second kappa shape index (κ2) is 9.05. The summed E-state index contributed by atoms with van der Waals surface area (Å²) in [6, 6.07) is 14.9. The highest BCUT2D eigenvalue weighted by molar-refractivity contribution is 5.92.